The Bertz CT molecular complexity index is 401. The molecule has 15 heavy (non-hydrogen) atoms. The van der Waals surface area contributed by atoms with Crippen molar-refractivity contribution in [3.8, 4) is 0 Å². The largest absolute Gasteiger partial charge is 0.246 e. The van der Waals surface area contributed by atoms with E-state index in [0.717, 1.165) is 5.57 Å². The van der Waals surface area contributed by atoms with E-state index in [4.69, 9.17) is 0 Å². The van der Waals surface area contributed by atoms with Gasteiger partial charge in [-0.05, 0) is 38.7 Å². The van der Waals surface area contributed by atoms with Crippen LogP contribution in [0.5, 0.6) is 0 Å². The first-order valence-electron chi connectivity index (χ1n) is 5.07. The fourth-order valence-electron chi connectivity index (χ4n) is 2.12. The Morgan fingerprint density at radius 1 is 1.40 bits per heavy atom. The van der Waals surface area contributed by atoms with Gasteiger partial charge in [0.1, 0.15) is 6.67 Å². The highest BCUT2D eigenvalue weighted by molar-refractivity contribution is 14.1. The van der Waals surface area contributed by atoms with Crippen molar-refractivity contribution in [2.45, 2.75) is 13.8 Å². The van der Waals surface area contributed by atoms with Crippen LogP contribution < -0.4 is 0 Å². The summed E-state index contributed by atoms with van der Waals surface area (Å²) in [5, 5.41) is 0. The van der Waals surface area contributed by atoms with E-state index in [9.17, 15) is 4.39 Å². The Kier molecular flexibility index (Phi) is 2.88. The van der Waals surface area contributed by atoms with Gasteiger partial charge in [-0.3, -0.25) is 0 Å². The standard InChI is InChI=1S/C13H14FI/c1-9-3-4-10(8-14)7-13(2,6-9)11-5-12(11)15/h3-7,11H,8H2,1-2H3. The van der Waals surface area contributed by atoms with E-state index in [1.54, 1.807) is 0 Å². The monoisotopic (exact) mass is 316 g/mol. The lowest BCUT2D eigenvalue weighted by Gasteiger charge is -2.23. The lowest BCUT2D eigenvalue weighted by molar-refractivity contribution is 0.488. The molecule has 0 amide bonds. The van der Waals surface area contributed by atoms with Gasteiger partial charge in [-0.25, -0.2) is 4.39 Å². The number of alkyl halides is 1. The lowest BCUT2D eigenvalue weighted by atomic mass is 9.81. The van der Waals surface area contributed by atoms with Crippen LogP contribution in [0.1, 0.15) is 13.8 Å². The smallest absolute Gasteiger partial charge is 0.114 e. The highest BCUT2D eigenvalue weighted by Gasteiger charge is 2.39. The summed E-state index contributed by atoms with van der Waals surface area (Å²) in [7, 11) is 0. The molecule has 0 aliphatic heterocycles. The van der Waals surface area contributed by atoms with Gasteiger partial charge in [0, 0.05) is 11.3 Å². The molecule has 0 spiro atoms. The van der Waals surface area contributed by atoms with Crippen molar-refractivity contribution < 1.29 is 4.39 Å². The topological polar surface area (TPSA) is 0 Å². The summed E-state index contributed by atoms with van der Waals surface area (Å²) in [6, 6.07) is 0. The van der Waals surface area contributed by atoms with Crippen molar-refractivity contribution in [2.24, 2.45) is 11.3 Å². The predicted molar refractivity (Wildman–Crippen MR) is 70.7 cm³/mol. The third-order valence-corrected chi connectivity index (χ3v) is 3.96. The Balaban J connectivity index is 2.33. The number of hydrogen-bond donors (Lipinski definition) is 0. The number of halogens is 2. The molecule has 0 saturated carbocycles. The molecule has 2 aliphatic carbocycles. The molecule has 0 heterocycles. The molecule has 0 nitrogen and oxygen atoms in total. The molecule has 0 aromatic carbocycles. The lowest BCUT2D eigenvalue weighted by Crippen LogP contribution is -2.15. The molecule has 80 valence electrons. The van der Waals surface area contributed by atoms with E-state index in [1.807, 2.05) is 12.2 Å². The Labute approximate surface area is 104 Å². The second-order valence-corrected chi connectivity index (χ2v) is 5.72. The number of hydrogen-bond acceptors (Lipinski definition) is 0. The summed E-state index contributed by atoms with van der Waals surface area (Å²) in [5.41, 5.74) is 1.96. The fourth-order valence-corrected chi connectivity index (χ4v) is 3.15. The van der Waals surface area contributed by atoms with E-state index in [2.05, 4.69) is 54.7 Å². The third kappa shape index (κ3) is 2.25. The zero-order chi connectivity index (χ0) is 11.1. The van der Waals surface area contributed by atoms with Gasteiger partial charge < -0.3 is 0 Å². The number of allylic oxidation sites excluding steroid dienone is 8. The summed E-state index contributed by atoms with van der Waals surface area (Å²) >= 11 is 2.36. The summed E-state index contributed by atoms with van der Waals surface area (Å²) in [6.07, 6.45) is 10.4. The summed E-state index contributed by atoms with van der Waals surface area (Å²) < 4.78 is 14.1. The molecule has 2 heteroatoms. The molecule has 0 aromatic heterocycles. The molecule has 0 radical (unpaired) electrons. The van der Waals surface area contributed by atoms with Gasteiger partial charge in [-0.2, -0.15) is 0 Å². The molecule has 0 bridgehead atoms. The molecule has 0 N–H and O–H groups in total. The molecule has 2 unspecified atom stereocenters. The van der Waals surface area contributed by atoms with Crippen LogP contribution in [0, 0.1) is 11.3 Å². The minimum absolute atomic E-state index is 0.0362. The zero-order valence-corrected chi connectivity index (χ0v) is 11.1. The third-order valence-electron chi connectivity index (χ3n) is 2.93. The normalized spacial score (nSPS) is 34.1. The first-order chi connectivity index (χ1) is 7.05. The molecule has 2 rings (SSSR count). The van der Waals surface area contributed by atoms with Crippen LogP contribution in [0.25, 0.3) is 0 Å². The van der Waals surface area contributed by atoms with Crippen molar-refractivity contribution >= 4 is 22.6 Å². The molecule has 0 aromatic rings. The van der Waals surface area contributed by atoms with Crippen molar-refractivity contribution in [1.82, 2.24) is 0 Å². The highest BCUT2D eigenvalue weighted by atomic mass is 127. The van der Waals surface area contributed by atoms with Crippen LogP contribution in [0.2, 0.25) is 0 Å². The Hall–Kier alpha value is -0.380. The molecular formula is C13H14FI. The summed E-state index contributed by atoms with van der Waals surface area (Å²) in [6.45, 7) is 3.86. The van der Waals surface area contributed by atoms with Crippen molar-refractivity contribution in [3.63, 3.8) is 0 Å². The molecule has 0 fully saturated rings. The minimum Gasteiger partial charge on any atom is -0.246 e. The average Bonchev–Trinajstić information content (AvgIpc) is 2.91. The van der Waals surface area contributed by atoms with Gasteiger partial charge in [-0.1, -0.05) is 42.9 Å². The summed E-state index contributed by atoms with van der Waals surface area (Å²) in [5.74, 6) is 0.481. The van der Waals surface area contributed by atoms with E-state index in [0.29, 0.717) is 5.92 Å². The van der Waals surface area contributed by atoms with Crippen LogP contribution in [0.4, 0.5) is 4.39 Å². The maximum atomic E-state index is 12.7. The van der Waals surface area contributed by atoms with Crippen LogP contribution in [-0.4, -0.2) is 6.67 Å². The zero-order valence-electron chi connectivity index (χ0n) is 8.93. The molecule has 0 saturated heterocycles. The molecular weight excluding hydrogens is 302 g/mol. The first kappa shape index (κ1) is 11.1. The summed E-state index contributed by atoms with van der Waals surface area (Å²) in [4.78, 5) is 0. The van der Waals surface area contributed by atoms with Gasteiger partial charge in [0.25, 0.3) is 0 Å². The molecule has 2 atom stereocenters. The van der Waals surface area contributed by atoms with Crippen LogP contribution in [0.3, 0.4) is 0 Å². The van der Waals surface area contributed by atoms with Crippen molar-refractivity contribution in [1.29, 1.82) is 0 Å². The predicted octanol–water partition coefficient (Wildman–Crippen LogP) is 4.35. The first-order valence-corrected chi connectivity index (χ1v) is 6.15. The van der Waals surface area contributed by atoms with Crippen LogP contribution in [-0.2, 0) is 0 Å². The van der Waals surface area contributed by atoms with Crippen molar-refractivity contribution in [3.05, 3.63) is 45.1 Å². The van der Waals surface area contributed by atoms with Crippen LogP contribution in [0.15, 0.2) is 45.1 Å². The quantitative estimate of drug-likeness (QED) is 0.664. The van der Waals surface area contributed by atoms with Gasteiger partial charge in [-0.15, -0.1) is 0 Å². The average molecular weight is 316 g/mol. The van der Waals surface area contributed by atoms with Gasteiger partial charge in [0.15, 0.2) is 0 Å². The van der Waals surface area contributed by atoms with E-state index >= 15 is 0 Å². The van der Waals surface area contributed by atoms with E-state index in [-0.39, 0.29) is 12.1 Å². The number of rotatable bonds is 2. The second kappa shape index (κ2) is 3.89. The van der Waals surface area contributed by atoms with Crippen molar-refractivity contribution in [2.75, 3.05) is 6.67 Å². The highest BCUT2D eigenvalue weighted by Crippen LogP contribution is 2.51. The minimum atomic E-state index is -0.378. The Morgan fingerprint density at radius 2 is 2.07 bits per heavy atom. The fraction of sp³-hybridized carbons (Fsp3) is 0.385. The van der Waals surface area contributed by atoms with E-state index in [1.165, 1.54) is 9.15 Å². The maximum Gasteiger partial charge on any atom is 0.114 e. The van der Waals surface area contributed by atoms with Crippen LogP contribution >= 0.6 is 22.6 Å². The molecule has 2 aliphatic rings. The second-order valence-electron chi connectivity index (χ2n) is 4.47. The Morgan fingerprint density at radius 3 is 2.60 bits per heavy atom. The maximum absolute atomic E-state index is 12.7. The van der Waals surface area contributed by atoms with Gasteiger partial charge in [0.05, 0.1) is 0 Å². The van der Waals surface area contributed by atoms with E-state index < -0.39 is 0 Å². The SMILES string of the molecule is CC1=CC(C)(C2C=C2I)C=C(CF)C=C1. The van der Waals surface area contributed by atoms with Gasteiger partial charge >= 0.3 is 0 Å². The van der Waals surface area contributed by atoms with Gasteiger partial charge in [0.2, 0.25) is 0 Å².